The zero-order valence-corrected chi connectivity index (χ0v) is 15.8. The summed E-state index contributed by atoms with van der Waals surface area (Å²) in [6.45, 7) is 7.17. The highest BCUT2D eigenvalue weighted by Crippen LogP contribution is 2.36. The van der Waals surface area contributed by atoms with Crippen LogP contribution in [-0.2, 0) is 11.3 Å². The zero-order chi connectivity index (χ0) is 17.9. The Bertz CT molecular complexity index is 670. The number of pyridine rings is 1. The van der Waals surface area contributed by atoms with Crippen molar-refractivity contribution in [2.45, 2.75) is 45.8 Å². The van der Waals surface area contributed by atoms with Gasteiger partial charge in [0.15, 0.2) is 11.6 Å². The van der Waals surface area contributed by atoms with Crippen molar-refractivity contribution >= 4 is 0 Å². The summed E-state index contributed by atoms with van der Waals surface area (Å²) in [7, 11) is 4.19. The lowest BCUT2D eigenvalue weighted by atomic mass is 9.85. The number of aromatic nitrogens is 4. The largest absolute Gasteiger partial charge is 0.370 e. The van der Waals surface area contributed by atoms with Crippen LogP contribution >= 0.6 is 0 Å². The molecule has 2 aromatic heterocycles. The van der Waals surface area contributed by atoms with Crippen molar-refractivity contribution in [3.63, 3.8) is 0 Å². The van der Waals surface area contributed by atoms with Gasteiger partial charge < -0.3 is 9.64 Å². The van der Waals surface area contributed by atoms with Crippen LogP contribution in [0.4, 0.5) is 0 Å². The van der Waals surface area contributed by atoms with Gasteiger partial charge in [-0.1, -0.05) is 13.8 Å². The van der Waals surface area contributed by atoms with Crippen LogP contribution in [0.15, 0.2) is 24.5 Å². The molecule has 2 aromatic rings. The fourth-order valence-electron chi connectivity index (χ4n) is 3.12. The van der Waals surface area contributed by atoms with E-state index in [-0.39, 0.29) is 11.5 Å². The van der Waals surface area contributed by atoms with E-state index in [1.54, 1.807) is 12.4 Å². The fraction of sp³-hybridized carbons (Fsp3) is 0.632. The molecule has 0 amide bonds. The molecule has 1 atom stereocenters. The quantitative estimate of drug-likeness (QED) is 0.806. The van der Waals surface area contributed by atoms with E-state index < -0.39 is 0 Å². The molecule has 0 aromatic carbocycles. The first-order chi connectivity index (χ1) is 11.9. The van der Waals surface area contributed by atoms with E-state index in [0.29, 0.717) is 0 Å². The van der Waals surface area contributed by atoms with E-state index >= 15 is 0 Å². The Morgan fingerprint density at radius 2 is 2.04 bits per heavy atom. The molecule has 1 aliphatic rings. The SMILES string of the molecule is CN(C)CCCn1nc(-c2ccncc2)nc1C1CCC(C)(C)CO1. The molecular weight excluding hydrogens is 314 g/mol. The lowest BCUT2D eigenvalue weighted by Gasteiger charge is -2.34. The van der Waals surface area contributed by atoms with Crippen molar-refractivity contribution in [1.82, 2.24) is 24.6 Å². The monoisotopic (exact) mass is 343 g/mol. The molecule has 0 aliphatic carbocycles. The Kier molecular flexibility index (Phi) is 5.49. The number of aryl methyl sites for hydroxylation is 1. The van der Waals surface area contributed by atoms with Crippen molar-refractivity contribution in [1.29, 1.82) is 0 Å². The first-order valence-electron chi connectivity index (χ1n) is 9.06. The summed E-state index contributed by atoms with van der Waals surface area (Å²) in [5.41, 5.74) is 1.25. The Labute approximate surface area is 150 Å². The molecule has 25 heavy (non-hydrogen) atoms. The third kappa shape index (κ3) is 4.64. The molecule has 0 saturated carbocycles. The highest BCUT2D eigenvalue weighted by Gasteiger charge is 2.31. The lowest BCUT2D eigenvalue weighted by Crippen LogP contribution is -2.29. The average molecular weight is 343 g/mol. The summed E-state index contributed by atoms with van der Waals surface area (Å²) >= 11 is 0. The predicted molar refractivity (Wildman–Crippen MR) is 98.1 cm³/mol. The topological polar surface area (TPSA) is 56.1 Å². The van der Waals surface area contributed by atoms with Crippen molar-refractivity contribution in [3.8, 4) is 11.4 Å². The number of rotatable bonds is 6. The Hall–Kier alpha value is -1.79. The number of hydrogen-bond donors (Lipinski definition) is 0. The molecule has 0 N–H and O–H groups in total. The van der Waals surface area contributed by atoms with Crippen LogP contribution in [0.2, 0.25) is 0 Å². The Morgan fingerprint density at radius 3 is 2.68 bits per heavy atom. The van der Waals surface area contributed by atoms with Gasteiger partial charge in [0.2, 0.25) is 0 Å². The van der Waals surface area contributed by atoms with Crippen LogP contribution < -0.4 is 0 Å². The van der Waals surface area contributed by atoms with Crippen LogP contribution in [0.25, 0.3) is 11.4 Å². The Morgan fingerprint density at radius 1 is 1.28 bits per heavy atom. The third-order valence-corrected chi connectivity index (χ3v) is 4.66. The minimum Gasteiger partial charge on any atom is -0.370 e. The van der Waals surface area contributed by atoms with Gasteiger partial charge in [-0.15, -0.1) is 0 Å². The lowest BCUT2D eigenvalue weighted by molar-refractivity contribution is -0.0556. The van der Waals surface area contributed by atoms with E-state index in [1.807, 2.05) is 16.8 Å². The first-order valence-corrected chi connectivity index (χ1v) is 9.06. The Balaban J connectivity index is 1.82. The fourth-order valence-corrected chi connectivity index (χ4v) is 3.12. The van der Waals surface area contributed by atoms with Gasteiger partial charge in [-0.3, -0.25) is 4.98 Å². The van der Waals surface area contributed by atoms with Gasteiger partial charge in [0.1, 0.15) is 6.10 Å². The minimum absolute atomic E-state index is 0.0375. The van der Waals surface area contributed by atoms with E-state index in [2.05, 4.69) is 37.8 Å². The van der Waals surface area contributed by atoms with Gasteiger partial charge >= 0.3 is 0 Å². The normalized spacial score (nSPS) is 20.1. The summed E-state index contributed by atoms with van der Waals surface area (Å²) in [6.07, 6.45) is 6.78. The highest BCUT2D eigenvalue weighted by atomic mass is 16.5. The molecule has 1 aliphatic heterocycles. The van der Waals surface area contributed by atoms with Crippen LogP contribution in [0.1, 0.15) is 45.0 Å². The van der Waals surface area contributed by atoms with Gasteiger partial charge in [0.05, 0.1) is 6.61 Å². The van der Waals surface area contributed by atoms with Gasteiger partial charge in [-0.25, -0.2) is 9.67 Å². The molecule has 3 heterocycles. The predicted octanol–water partition coefficient (Wildman–Crippen LogP) is 3.17. The number of ether oxygens (including phenoxy) is 1. The van der Waals surface area contributed by atoms with Crippen molar-refractivity contribution in [2.75, 3.05) is 27.2 Å². The number of nitrogens with zero attached hydrogens (tertiary/aromatic N) is 5. The summed E-state index contributed by atoms with van der Waals surface area (Å²) in [4.78, 5) is 11.1. The zero-order valence-electron chi connectivity index (χ0n) is 15.8. The second-order valence-corrected chi connectivity index (χ2v) is 7.91. The second-order valence-electron chi connectivity index (χ2n) is 7.91. The molecule has 3 rings (SSSR count). The molecule has 1 saturated heterocycles. The standard InChI is InChI=1S/C19H29N5O/c1-19(2)9-6-16(25-14-19)18-21-17(15-7-10-20-11-8-15)22-24(18)13-5-12-23(3)4/h7-8,10-11,16H,5-6,9,12-14H2,1-4H3. The molecule has 6 nitrogen and oxygen atoms in total. The maximum atomic E-state index is 6.15. The van der Waals surface area contributed by atoms with E-state index in [0.717, 1.165) is 56.2 Å². The maximum absolute atomic E-state index is 6.15. The van der Waals surface area contributed by atoms with Crippen molar-refractivity contribution in [3.05, 3.63) is 30.4 Å². The van der Waals surface area contributed by atoms with Gasteiger partial charge in [-0.2, -0.15) is 5.10 Å². The van der Waals surface area contributed by atoms with Gasteiger partial charge in [0, 0.05) is 24.5 Å². The van der Waals surface area contributed by atoms with Crippen LogP contribution in [0.3, 0.4) is 0 Å². The third-order valence-electron chi connectivity index (χ3n) is 4.66. The average Bonchev–Trinajstić information content (AvgIpc) is 2.99. The van der Waals surface area contributed by atoms with Gasteiger partial charge in [-0.05, 0) is 57.5 Å². The molecule has 0 spiro atoms. The summed E-state index contributed by atoms with van der Waals surface area (Å²) < 4.78 is 8.19. The number of hydrogen-bond acceptors (Lipinski definition) is 5. The van der Waals surface area contributed by atoms with Crippen LogP contribution in [-0.4, -0.2) is 51.9 Å². The van der Waals surface area contributed by atoms with Crippen LogP contribution in [0.5, 0.6) is 0 Å². The molecule has 1 unspecified atom stereocenters. The second kappa shape index (κ2) is 7.62. The van der Waals surface area contributed by atoms with Crippen molar-refractivity contribution in [2.24, 2.45) is 5.41 Å². The molecule has 0 bridgehead atoms. The minimum atomic E-state index is 0.0375. The van der Waals surface area contributed by atoms with E-state index in [4.69, 9.17) is 14.8 Å². The molecule has 1 fully saturated rings. The van der Waals surface area contributed by atoms with E-state index in [9.17, 15) is 0 Å². The molecular formula is C19H29N5O. The summed E-state index contributed by atoms with van der Waals surface area (Å²) in [5.74, 6) is 1.72. The smallest absolute Gasteiger partial charge is 0.181 e. The van der Waals surface area contributed by atoms with Crippen molar-refractivity contribution < 1.29 is 4.74 Å². The van der Waals surface area contributed by atoms with Crippen LogP contribution in [0, 0.1) is 5.41 Å². The summed E-state index contributed by atoms with van der Waals surface area (Å²) in [6, 6.07) is 3.90. The highest BCUT2D eigenvalue weighted by molar-refractivity contribution is 5.53. The maximum Gasteiger partial charge on any atom is 0.181 e. The van der Waals surface area contributed by atoms with E-state index in [1.165, 1.54) is 0 Å². The molecule has 0 radical (unpaired) electrons. The molecule has 136 valence electrons. The summed E-state index contributed by atoms with van der Waals surface area (Å²) in [5, 5.41) is 4.77. The molecule has 6 heteroatoms. The first kappa shape index (κ1) is 18.0. The van der Waals surface area contributed by atoms with Gasteiger partial charge in [0.25, 0.3) is 0 Å².